The third kappa shape index (κ3) is 5.89. The Bertz CT molecular complexity index is 1010. The van der Waals surface area contributed by atoms with Crippen LogP contribution in [-0.2, 0) is 19.6 Å². The highest BCUT2D eigenvalue weighted by atomic mass is 19.4. The van der Waals surface area contributed by atoms with Crippen molar-refractivity contribution < 1.29 is 23.1 Å². The van der Waals surface area contributed by atoms with Crippen molar-refractivity contribution in [2.24, 2.45) is 29.2 Å². The first-order valence-electron chi connectivity index (χ1n) is 10.5. The lowest BCUT2D eigenvalue weighted by atomic mass is 9.85. The van der Waals surface area contributed by atoms with Crippen LogP contribution in [-0.4, -0.2) is 56.8 Å². The summed E-state index contributed by atoms with van der Waals surface area (Å²) in [5, 5.41) is 10.7. The Morgan fingerprint density at radius 3 is 2.52 bits per heavy atom. The molecule has 2 heterocycles. The van der Waals surface area contributed by atoms with E-state index in [1.54, 1.807) is 17.4 Å². The van der Waals surface area contributed by atoms with E-state index in [2.05, 4.69) is 9.98 Å². The average molecular weight is 467 g/mol. The zero-order valence-corrected chi connectivity index (χ0v) is 18.2. The Hall–Kier alpha value is -2.96. The average Bonchev–Trinajstić information content (AvgIpc) is 3.16. The van der Waals surface area contributed by atoms with Crippen LogP contribution in [0, 0.1) is 0 Å². The van der Waals surface area contributed by atoms with Gasteiger partial charge in [0.2, 0.25) is 0 Å². The second kappa shape index (κ2) is 9.89. The van der Waals surface area contributed by atoms with Gasteiger partial charge < -0.3 is 26.9 Å². The lowest BCUT2D eigenvalue weighted by molar-refractivity contribution is -0.138. The van der Waals surface area contributed by atoms with Gasteiger partial charge in [0.1, 0.15) is 6.23 Å². The van der Waals surface area contributed by atoms with Crippen molar-refractivity contribution in [3.8, 4) is 0 Å². The third-order valence-electron chi connectivity index (χ3n) is 5.92. The Labute approximate surface area is 189 Å². The number of nitrogens with two attached hydrogens (primary N) is 3. The van der Waals surface area contributed by atoms with Crippen molar-refractivity contribution in [1.29, 1.82) is 0 Å². The first-order valence-corrected chi connectivity index (χ1v) is 10.5. The second-order valence-corrected chi connectivity index (χ2v) is 8.23. The number of piperidine rings is 1. The van der Waals surface area contributed by atoms with Crippen molar-refractivity contribution in [2.45, 2.75) is 43.6 Å². The number of alkyl halides is 3. The molecule has 9 nitrogen and oxygen atoms in total. The highest BCUT2D eigenvalue weighted by molar-refractivity contribution is 6.02. The highest BCUT2D eigenvalue weighted by Crippen LogP contribution is 2.39. The number of hydrogen-bond acceptors (Lipinski definition) is 5. The van der Waals surface area contributed by atoms with Crippen LogP contribution in [0.25, 0.3) is 0 Å². The van der Waals surface area contributed by atoms with Gasteiger partial charge in [-0.2, -0.15) is 18.2 Å². The van der Waals surface area contributed by atoms with Crippen molar-refractivity contribution in [3.05, 3.63) is 53.1 Å². The number of guanidine groups is 1. The van der Waals surface area contributed by atoms with E-state index >= 15 is 0 Å². The number of aliphatic imine (C=N–C) groups is 1. The van der Waals surface area contributed by atoms with Gasteiger partial charge in [0.05, 0.1) is 11.9 Å². The molecular weight excluding hydrogens is 439 g/mol. The molecule has 3 rings (SSSR count). The van der Waals surface area contributed by atoms with E-state index in [-0.39, 0.29) is 17.0 Å². The Balaban J connectivity index is 1.71. The number of hydrogen-bond donors (Lipinski definition) is 4. The molecule has 1 saturated heterocycles. The summed E-state index contributed by atoms with van der Waals surface area (Å²) in [6, 6.07) is 2.83. The predicted molar refractivity (Wildman–Crippen MR) is 116 cm³/mol. The van der Waals surface area contributed by atoms with E-state index in [4.69, 9.17) is 17.2 Å². The van der Waals surface area contributed by atoms with Gasteiger partial charge in [0.15, 0.2) is 5.96 Å². The second-order valence-electron chi connectivity index (χ2n) is 8.23. The highest BCUT2D eigenvalue weighted by Gasteiger charge is 2.37. The number of aliphatic hydroxyl groups excluding tert-OH is 1. The molecule has 0 radical (unpaired) electrons. The minimum absolute atomic E-state index is 0.108. The number of likely N-dealkylation sites (tertiary alicyclic amines) is 1. The number of aryl methyl sites for hydroxylation is 1. The zero-order valence-electron chi connectivity index (χ0n) is 18.2. The quantitative estimate of drug-likeness (QED) is 0.365. The monoisotopic (exact) mass is 467 g/mol. The standard InChI is InChI=1S/C21H28F3N7O2/c1-30-11-28-10-14(30)9-17(25)19(33)31-6-4-12(5-7-31)15-3-2-13(18(32)29-20(26)27)8-16(15)21(22,23)24/h2-3,8,10-12,17,19,33H,4-7,9,25H2,1H3,(H4,26,27,29,32). The predicted octanol–water partition coefficient (Wildman–Crippen LogP) is 0.920. The normalized spacial score (nSPS) is 17.5. The van der Waals surface area contributed by atoms with Gasteiger partial charge in [-0.1, -0.05) is 6.07 Å². The smallest absolute Gasteiger partial charge is 0.377 e. The lowest BCUT2D eigenvalue weighted by Crippen LogP contribution is -2.51. The number of carbonyl (C=O) groups excluding carboxylic acids is 1. The number of imidazole rings is 1. The molecule has 1 fully saturated rings. The summed E-state index contributed by atoms with van der Waals surface area (Å²) < 4.78 is 43.1. The molecule has 0 aliphatic carbocycles. The zero-order chi connectivity index (χ0) is 24.3. The fraction of sp³-hybridized carbons (Fsp3) is 0.476. The molecule has 1 aromatic carbocycles. The SMILES string of the molecule is Cn1cncc1CC(N)C(O)N1CCC(c2ccc(C(=O)N=C(N)N)cc2C(F)(F)F)CC1. The van der Waals surface area contributed by atoms with Gasteiger partial charge in [0.25, 0.3) is 5.91 Å². The van der Waals surface area contributed by atoms with Gasteiger partial charge in [-0.15, -0.1) is 0 Å². The minimum atomic E-state index is -4.65. The van der Waals surface area contributed by atoms with Crippen molar-refractivity contribution in [3.63, 3.8) is 0 Å². The van der Waals surface area contributed by atoms with E-state index in [0.29, 0.717) is 32.4 Å². The largest absolute Gasteiger partial charge is 0.416 e. The lowest BCUT2D eigenvalue weighted by Gasteiger charge is -2.38. The van der Waals surface area contributed by atoms with Crippen LogP contribution < -0.4 is 17.2 Å². The summed E-state index contributed by atoms with van der Waals surface area (Å²) in [7, 11) is 1.83. The number of aromatic nitrogens is 2. The van der Waals surface area contributed by atoms with E-state index in [1.807, 2.05) is 11.6 Å². The van der Waals surface area contributed by atoms with Crippen molar-refractivity contribution in [1.82, 2.24) is 14.5 Å². The maximum atomic E-state index is 13.8. The Morgan fingerprint density at radius 2 is 1.97 bits per heavy atom. The molecule has 1 aliphatic heterocycles. The van der Waals surface area contributed by atoms with E-state index in [0.717, 1.165) is 11.8 Å². The van der Waals surface area contributed by atoms with Crippen LogP contribution >= 0.6 is 0 Å². The van der Waals surface area contributed by atoms with Crippen LogP contribution in [0.4, 0.5) is 13.2 Å². The number of rotatable bonds is 6. The molecule has 12 heteroatoms. The number of amides is 1. The fourth-order valence-corrected chi connectivity index (χ4v) is 4.15. The summed E-state index contributed by atoms with van der Waals surface area (Å²) in [6.45, 7) is 0.772. The number of carbonyl (C=O) groups is 1. The van der Waals surface area contributed by atoms with Crippen LogP contribution in [0.1, 0.15) is 45.9 Å². The summed E-state index contributed by atoms with van der Waals surface area (Å²) in [6.07, 6.45) is -1.03. The van der Waals surface area contributed by atoms with Gasteiger partial charge in [0, 0.05) is 50.1 Å². The molecule has 0 spiro atoms. The molecule has 0 bridgehead atoms. The van der Waals surface area contributed by atoms with E-state index < -0.39 is 35.9 Å². The maximum absolute atomic E-state index is 13.8. The van der Waals surface area contributed by atoms with Crippen molar-refractivity contribution >= 4 is 11.9 Å². The summed E-state index contributed by atoms with van der Waals surface area (Å²) >= 11 is 0. The number of benzene rings is 1. The van der Waals surface area contributed by atoms with Crippen LogP contribution in [0.2, 0.25) is 0 Å². The third-order valence-corrected chi connectivity index (χ3v) is 5.92. The minimum Gasteiger partial charge on any atom is -0.377 e. The maximum Gasteiger partial charge on any atom is 0.416 e. The van der Waals surface area contributed by atoms with Gasteiger partial charge in [-0.25, -0.2) is 4.98 Å². The van der Waals surface area contributed by atoms with Gasteiger partial charge in [-0.05, 0) is 36.5 Å². The van der Waals surface area contributed by atoms with Crippen LogP contribution in [0.3, 0.4) is 0 Å². The molecule has 2 aromatic rings. The van der Waals surface area contributed by atoms with E-state index in [1.165, 1.54) is 12.1 Å². The molecule has 1 aromatic heterocycles. The Morgan fingerprint density at radius 1 is 1.30 bits per heavy atom. The topological polar surface area (TPSA) is 149 Å². The molecule has 1 amide bonds. The van der Waals surface area contributed by atoms with Gasteiger partial charge in [-0.3, -0.25) is 9.69 Å². The van der Waals surface area contributed by atoms with Crippen LogP contribution in [0.15, 0.2) is 35.7 Å². The molecule has 33 heavy (non-hydrogen) atoms. The summed E-state index contributed by atoms with van der Waals surface area (Å²) in [5.41, 5.74) is 16.3. The first kappa shape index (κ1) is 24.7. The Kier molecular flexibility index (Phi) is 7.40. The first-order chi connectivity index (χ1) is 15.5. The fourth-order valence-electron chi connectivity index (χ4n) is 4.15. The molecular formula is C21H28F3N7O2. The van der Waals surface area contributed by atoms with E-state index in [9.17, 15) is 23.1 Å². The number of aliphatic hydroxyl groups is 1. The van der Waals surface area contributed by atoms with Gasteiger partial charge >= 0.3 is 6.18 Å². The van der Waals surface area contributed by atoms with Crippen LogP contribution in [0.5, 0.6) is 0 Å². The van der Waals surface area contributed by atoms with Crippen molar-refractivity contribution in [2.75, 3.05) is 13.1 Å². The molecule has 2 atom stereocenters. The molecule has 0 saturated carbocycles. The molecule has 2 unspecified atom stereocenters. The number of halogens is 3. The summed E-state index contributed by atoms with van der Waals surface area (Å²) in [5.74, 6) is -1.84. The summed E-state index contributed by atoms with van der Waals surface area (Å²) in [4.78, 5) is 21.1. The molecule has 7 N–H and O–H groups in total. The molecule has 180 valence electrons. The molecule has 1 aliphatic rings. The number of nitrogens with zero attached hydrogens (tertiary/aromatic N) is 4.